The van der Waals surface area contributed by atoms with E-state index >= 15 is 0 Å². The van der Waals surface area contributed by atoms with Crippen LogP contribution in [-0.2, 0) is 11.2 Å². The van der Waals surface area contributed by atoms with Gasteiger partial charge in [-0.2, -0.15) is 0 Å². The molecule has 0 bridgehead atoms. The van der Waals surface area contributed by atoms with Crippen molar-refractivity contribution in [2.45, 2.75) is 12.8 Å². The number of piperazine rings is 1. The summed E-state index contributed by atoms with van der Waals surface area (Å²) in [5, 5.41) is 0. The second-order valence-corrected chi connectivity index (χ2v) is 6.72. The maximum Gasteiger partial charge on any atom is 0.223 e. The second-order valence-electron chi connectivity index (χ2n) is 5.81. The van der Waals surface area contributed by atoms with Gasteiger partial charge in [0.05, 0.1) is 6.20 Å². The Morgan fingerprint density at radius 2 is 1.91 bits per heavy atom. The van der Waals surface area contributed by atoms with Crippen LogP contribution in [0.5, 0.6) is 0 Å². The van der Waals surface area contributed by atoms with E-state index in [1.807, 2.05) is 29.2 Å². The zero-order chi connectivity index (χ0) is 16.2. The third kappa shape index (κ3) is 4.20. The van der Waals surface area contributed by atoms with Crippen molar-refractivity contribution in [2.75, 3.05) is 33.2 Å². The number of benzene rings is 1. The van der Waals surface area contributed by atoms with Crippen molar-refractivity contribution in [1.29, 1.82) is 0 Å². The SMILES string of the molecule is CN1CCN(C(=O)CCc2ncc(-c3ccc(Br)cc3)o2)CC1. The Bertz CT molecular complexity index is 661. The highest BCUT2D eigenvalue weighted by atomic mass is 79.9. The van der Waals surface area contributed by atoms with Crippen molar-refractivity contribution in [2.24, 2.45) is 0 Å². The molecule has 0 unspecified atom stereocenters. The summed E-state index contributed by atoms with van der Waals surface area (Å²) in [7, 11) is 2.08. The highest BCUT2D eigenvalue weighted by Gasteiger charge is 2.19. The molecule has 2 heterocycles. The molecule has 0 radical (unpaired) electrons. The highest BCUT2D eigenvalue weighted by Crippen LogP contribution is 2.23. The first-order chi connectivity index (χ1) is 11.1. The summed E-state index contributed by atoms with van der Waals surface area (Å²) in [6.45, 7) is 3.51. The Kier molecular flexibility index (Phi) is 5.13. The predicted octanol–water partition coefficient (Wildman–Crippen LogP) is 2.81. The normalized spacial score (nSPS) is 15.8. The molecule has 5 nitrogen and oxygen atoms in total. The number of rotatable bonds is 4. The van der Waals surface area contributed by atoms with Gasteiger partial charge in [-0.25, -0.2) is 4.98 Å². The third-order valence-corrected chi connectivity index (χ3v) is 4.62. The lowest BCUT2D eigenvalue weighted by Crippen LogP contribution is -2.47. The van der Waals surface area contributed by atoms with Crippen LogP contribution < -0.4 is 0 Å². The molecule has 0 atom stereocenters. The fourth-order valence-corrected chi connectivity index (χ4v) is 2.87. The van der Waals surface area contributed by atoms with Gasteiger partial charge in [-0.1, -0.05) is 28.1 Å². The van der Waals surface area contributed by atoms with Crippen molar-refractivity contribution < 1.29 is 9.21 Å². The van der Waals surface area contributed by atoms with Gasteiger partial charge in [-0.3, -0.25) is 4.79 Å². The Labute approximate surface area is 144 Å². The second kappa shape index (κ2) is 7.27. The highest BCUT2D eigenvalue weighted by molar-refractivity contribution is 9.10. The molecule has 2 aromatic rings. The zero-order valence-electron chi connectivity index (χ0n) is 13.2. The summed E-state index contributed by atoms with van der Waals surface area (Å²) >= 11 is 3.41. The maximum absolute atomic E-state index is 12.2. The Hall–Kier alpha value is -1.66. The minimum atomic E-state index is 0.182. The first kappa shape index (κ1) is 16.2. The topological polar surface area (TPSA) is 49.6 Å². The molecule has 1 fully saturated rings. The van der Waals surface area contributed by atoms with E-state index in [1.54, 1.807) is 6.20 Å². The zero-order valence-corrected chi connectivity index (χ0v) is 14.8. The van der Waals surface area contributed by atoms with E-state index in [2.05, 4.69) is 32.9 Å². The predicted molar refractivity (Wildman–Crippen MR) is 92.0 cm³/mol. The number of nitrogens with zero attached hydrogens (tertiary/aromatic N) is 3. The third-order valence-electron chi connectivity index (χ3n) is 4.09. The number of carbonyl (C=O) groups excluding carboxylic acids is 1. The van der Waals surface area contributed by atoms with Crippen LogP contribution in [0.15, 0.2) is 39.4 Å². The number of aryl methyl sites for hydroxylation is 1. The van der Waals surface area contributed by atoms with E-state index in [0.29, 0.717) is 18.7 Å². The van der Waals surface area contributed by atoms with Crippen molar-refractivity contribution >= 4 is 21.8 Å². The molecule has 6 heteroatoms. The fraction of sp³-hybridized carbons (Fsp3) is 0.412. The van der Waals surface area contributed by atoms with Crippen LogP contribution in [0.3, 0.4) is 0 Å². The van der Waals surface area contributed by atoms with E-state index in [1.165, 1.54) is 0 Å². The van der Waals surface area contributed by atoms with Crippen molar-refractivity contribution in [3.8, 4) is 11.3 Å². The Morgan fingerprint density at radius 1 is 1.22 bits per heavy atom. The van der Waals surface area contributed by atoms with E-state index in [9.17, 15) is 4.79 Å². The number of carbonyl (C=O) groups is 1. The van der Waals surface area contributed by atoms with Gasteiger partial charge in [0.25, 0.3) is 0 Å². The minimum absolute atomic E-state index is 0.182. The quantitative estimate of drug-likeness (QED) is 0.821. The van der Waals surface area contributed by atoms with Gasteiger partial charge in [0.1, 0.15) is 0 Å². The number of hydrogen-bond acceptors (Lipinski definition) is 4. The van der Waals surface area contributed by atoms with Crippen molar-refractivity contribution in [3.63, 3.8) is 0 Å². The van der Waals surface area contributed by atoms with Crippen LogP contribution in [0.1, 0.15) is 12.3 Å². The van der Waals surface area contributed by atoms with Crippen LogP contribution in [0, 0.1) is 0 Å². The van der Waals surface area contributed by atoms with Crippen LogP contribution in [0.25, 0.3) is 11.3 Å². The molecular formula is C17H20BrN3O2. The molecule has 1 aromatic heterocycles. The standard InChI is InChI=1S/C17H20BrN3O2/c1-20-8-10-21(11-9-20)17(22)7-6-16-19-12-15(23-16)13-2-4-14(18)5-3-13/h2-5,12H,6-11H2,1H3. The fourth-order valence-electron chi connectivity index (χ4n) is 2.60. The Morgan fingerprint density at radius 3 is 2.61 bits per heavy atom. The van der Waals surface area contributed by atoms with Crippen molar-refractivity contribution in [1.82, 2.24) is 14.8 Å². The molecule has 23 heavy (non-hydrogen) atoms. The van der Waals surface area contributed by atoms with Gasteiger partial charge < -0.3 is 14.2 Å². The average molecular weight is 378 g/mol. The summed E-state index contributed by atoms with van der Waals surface area (Å²) in [6, 6.07) is 7.89. The molecule has 1 saturated heterocycles. The van der Waals surface area contributed by atoms with Crippen LogP contribution in [0.2, 0.25) is 0 Å². The van der Waals surface area contributed by atoms with E-state index in [-0.39, 0.29) is 5.91 Å². The van der Waals surface area contributed by atoms with E-state index in [0.717, 1.165) is 42.0 Å². The van der Waals surface area contributed by atoms with Gasteiger partial charge in [0.2, 0.25) is 5.91 Å². The van der Waals surface area contributed by atoms with Gasteiger partial charge in [-0.15, -0.1) is 0 Å². The number of amides is 1. The van der Waals surface area contributed by atoms with Gasteiger partial charge >= 0.3 is 0 Å². The van der Waals surface area contributed by atoms with Crippen molar-refractivity contribution in [3.05, 3.63) is 40.8 Å². The number of halogens is 1. The number of aromatic nitrogens is 1. The number of hydrogen-bond donors (Lipinski definition) is 0. The lowest BCUT2D eigenvalue weighted by Gasteiger charge is -2.32. The molecule has 0 N–H and O–H groups in total. The number of likely N-dealkylation sites (N-methyl/N-ethyl adjacent to an activating group) is 1. The van der Waals surface area contributed by atoms with Gasteiger partial charge in [0, 0.05) is 49.1 Å². The first-order valence-corrected chi connectivity index (χ1v) is 8.58. The largest absolute Gasteiger partial charge is 0.441 e. The summed E-state index contributed by atoms with van der Waals surface area (Å²) in [4.78, 5) is 20.7. The van der Waals surface area contributed by atoms with Gasteiger partial charge in [-0.05, 0) is 19.2 Å². The van der Waals surface area contributed by atoms with E-state index < -0.39 is 0 Å². The first-order valence-electron chi connectivity index (χ1n) is 7.79. The lowest BCUT2D eigenvalue weighted by atomic mass is 10.2. The molecule has 0 saturated carbocycles. The smallest absolute Gasteiger partial charge is 0.223 e. The molecular weight excluding hydrogens is 358 g/mol. The average Bonchev–Trinajstić information content (AvgIpc) is 3.03. The minimum Gasteiger partial charge on any atom is -0.441 e. The summed E-state index contributed by atoms with van der Waals surface area (Å²) in [6.07, 6.45) is 2.71. The molecule has 1 aliphatic heterocycles. The number of oxazole rings is 1. The molecule has 0 spiro atoms. The molecule has 1 aliphatic rings. The maximum atomic E-state index is 12.2. The van der Waals surface area contributed by atoms with Crippen LogP contribution >= 0.6 is 15.9 Å². The summed E-state index contributed by atoms with van der Waals surface area (Å²) in [5.74, 6) is 1.53. The van der Waals surface area contributed by atoms with Gasteiger partial charge in [0.15, 0.2) is 11.7 Å². The van der Waals surface area contributed by atoms with Crippen LogP contribution in [0.4, 0.5) is 0 Å². The molecule has 1 aromatic carbocycles. The summed E-state index contributed by atoms with van der Waals surface area (Å²) in [5.41, 5.74) is 0.984. The monoisotopic (exact) mass is 377 g/mol. The Balaban J connectivity index is 1.55. The van der Waals surface area contributed by atoms with E-state index in [4.69, 9.17) is 4.42 Å². The summed E-state index contributed by atoms with van der Waals surface area (Å²) < 4.78 is 6.79. The van der Waals surface area contributed by atoms with Crippen LogP contribution in [-0.4, -0.2) is 53.9 Å². The molecule has 1 amide bonds. The molecule has 0 aliphatic carbocycles. The molecule has 3 rings (SSSR count). The molecule has 122 valence electrons. The lowest BCUT2D eigenvalue weighted by molar-refractivity contribution is -0.132.